The molecular weight excluding hydrogens is 422 g/mol. The van der Waals surface area contributed by atoms with Crippen molar-refractivity contribution in [3.8, 4) is 11.4 Å². The molecule has 0 atom stereocenters. The molecule has 0 aliphatic rings. The normalized spacial score (nSPS) is 10.7. The number of amides is 1. The number of non-ortho nitro benzene ring substituents is 1. The van der Waals surface area contributed by atoms with Crippen LogP contribution in [0.3, 0.4) is 0 Å². The van der Waals surface area contributed by atoms with Crippen molar-refractivity contribution in [1.82, 2.24) is 25.0 Å². The topological polar surface area (TPSA) is 138 Å². The minimum atomic E-state index is -0.500. The SMILES string of the molecule is COc1cccc(-n2nnc3c(SCC(=O)Nc4ccc([N+](=O)[O-])cc4)ncnc32)c1. The van der Waals surface area contributed by atoms with Crippen molar-refractivity contribution in [3.05, 3.63) is 65.0 Å². The molecule has 1 N–H and O–H groups in total. The van der Waals surface area contributed by atoms with Crippen molar-refractivity contribution >= 4 is 40.2 Å². The minimum absolute atomic E-state index is 0.0464. The first kappa shape index (κ1) is 20.2. The van der Waals surface area contributed by atoms with Crippen LogP contribution in [-0.2, 0) is 4.79 Å². The first-order chi connectivity index (χ1) is 15.0. The number of aromatic nitrogens is 5. The van der Waals surface area contributed by atoms with Gasteiger partial charge in [-0.1, -0.05) is 23.0 Å². The van der Waals surface area contributed by atoms with E-state index in [2.05, 4.69) is 25.6 Å². The third kappa shape index (κ3) is 4.43. The summed E-state index contributed by atoms with van der Waals surface area (Å²) in [5, 5.41) is 22.2. The number of carbonyl (C=O) groups excluding carboxylic acids is 1. The maximum atomic E-state index is 12.3. The lowest BCUT2D eigenvalue weighted by Crippen LogP contribution is -2.14. The molecule has 2 heterocycles. The van der Waals surface area contributed by atoms with Gasteiger partial charge in [-0.2, -0.15) is 4.68 Å². The molecule has 4 rings (SSSR count). The van der Waals surface area contributed by atoms with Crippen LogP contribution in [0.4, 0.5) is 11.4 Å². The summed E-state index contributed by atoms with van der Waals surface area (Å²) in [6.45, 7) is 0. The number of nitro benzene ring substituents is 1. The van der Waals surface area contributed by atoms with Gasteiger partial charge >= 0.3 is 0 Å². The predicted octanol–water partition coefficient (Wildman–Crippen LogP) is 2.86. The summed E-state index contributed by atoms with van der Waals surface area (Å²) in [5.41, 5.74) is 2.12. The lowest BCUT2D eigenvalue weighted by molar-refractivity contribution is -0.384. The minimum Gasteiger partial charge on any atom is -0.497 e. The highest BCUT2D eigenvalue weighted by atomic mass is 32.2. The fraction of sp³-hybridized carbons (Fsp3) is 0.105. The molecule has 0 fully saturated rings. The van der Waals surface area contributed by atoms with E-state index in [4.69, 9.17) is 4.74 Å². The molecule has 0 spiro atoms. The molecule has 2 aromatic heterocycles. The molecule has 31 heavy (non-hydrogen) atoms. The lowest BCUT2D eigenvalue weighted by Gasteiger charge is -2.06. The van der Waals surface area contributed by atoms with E-state index in [-0.39, 0.29) is 17.3 Å². The van der Waals surface area contributed by atoms with Crippen molar-refractivity contribution in [2.24, 2.45) is 0 Å². The Morgan fingerprint density at radius 3 is 2.77 bits per heavy atom. The Balaban J connectivity index is 1.48. The number of rotatable bonds is 7. The second kappa shape index (κ2) is 8.75. The largest absolute Gasteiger partial charge is 0.497 e. The third-order valence-electron chi connectivity index (χ3n) is 4.20. The van der Waals surface area contributed by atoms with E-state index in [1.807, 2.05) is 18.2 Å². The smallest absolute Gasteiger partial charge is 0.269 e. The average molecular weight is 437 g/mol. The molecule has 0 saturated heterocycles. The van der Waals surface area contributed by atoms with Gasteiger partial charge in [-0.05, 0) is 24.3 Å². The summed E-state index contributed by atoms with van der Waals surface area (Å²) in [6.07, 6.45) is 1.39. The molecular formula is C19H15N7O4S. The molecule has 0 bridgehead atoms. The van der Waals surface area contributed by atoms with Gasteiger partial charge in [-0.15, -0.1) is 5.10 Å². The Hall–Kier alpha value is -4.06. The van der Waals surface area contributed by atoms with Crippen LogP contribution >= 0.6 is 11.8 Å². The molecule has 0 unspecified atom stereocenters. The predicted molar refractivity (Wildman–Crippen MR) is 113 cm³/mol. The Morgan fingerprint density at radius 2 is 2.03 bits per heavy atom. The lowest BCUT2D eigenvalue weighted by atomic mass is 10.3. The summed E-state index contributed by atoms with van der Waals surface area (Å²) in [4.78, 5) is 31.0. The Bertz CT molecular complexity index is 1260. The molecule has 4 aromatic rings. The summed E-state index contributed by atoms with van der Waals surface area (Å²) >= 11 is 1.19. The number of nitro groups is 1. The van der Waals surface area contributed by atoms with E-state index in [1.54, 1.807) is 17.9 Å². The quantitative estimate of drug-likeness (QED) is 0.200. The van der Waals surface area contributed by atoms with Crippen molar-refractivity contribution in [1.29, 1.82) is 0 Å². The van der Waals surface area contributed by atoms with E-state index in [9.17, 15) is 14.9 Å². The second-order valence-corrected chi connectivity index (χ2v) is 7.16. The zero-order chi connectivity index (χ0) is 21.8. The van der Waals surface area contributed by atoms with Crippen molar-refractivity contribution < 1.29 is 14.5 Å². The number of hydrogen-bond donors (Lipinski definition) is 1. The summed E-state index contributed by atoms with van der Waals surface area (Å²) in [5.74, 6) is 0.452. The van der Waals surface area contributed by atoms with Gasteiger partial charge in [0.15, 0.2) is 11.2 Å². The average Bonchev–Trinajstić information content (AvgIpc) is 3.23. The van der Waals surface area contributed by atoms with Crippen LogP contribution < -0.4 is 10.1 Å². The van der Waals surface area contributed by atoms with Crippen LogP contribution in [0.15, 0.2) is 59.9 Å². The molecule has 0 saturated carbocycles. The number of nitrogens with zero attached hydrogens (tertiary/aromatic N) is 6. The standard InChI is InChI=1S/C19H15N7O4S/c1-30-15-4-2-3-14(9-15)25-18-17(23-24-25)19(21-11-20-18)31-10-16(27)22-12-5-7-13(8-6-12)26(28)29/h2-9,11H,10H2,1H3,(H,22,27). The second-order valence-electron chi connectivity index (χ2n) is 6.19. The highest BCUT2D eigenvalue weighted by Crippen LogP contribution is 2.25. The number of thioether (sulfide) groups is 1. The van der Waals surface area contributed by atoms with Gasteiger partial charge in [0.25, 0.3) is 5.69 Å². The van der Waals surface area contributed by atoms with E-state index in [0.717, 1.165) is 5.69 Å². The highest BCUT2D eigenvalue weighted by Gasteiger charge is 2.15. The molecule has 1 amide bonds. The zero-order valence-electron chi connectivity index (χ0n) is 16.1. The summed E-state index contributed by atoms with van der Waals surface area (Å²) in [7, 11) is 1.58. The highest BCUT2D eigenvalue weighted by molar-refractivity contribution is 8.00. The monoisotopic (exact) mass is 437 g/mol. The number of benzene rings is 2. The Kier molecular flexibility index (Phi) is 5.71. The van der Waals surface area contributed by atoms with Gasteiger partial charge in [-0.3, -0.25) is 14.9 Å². The van der Waals surface area contributed by atoms with Crippen molar-refractivity contribution in [2.45, 2.75) is 5.03 Å². The molecule has 2 aromatic carbocycles. The maximum Gasteiger partial charge on any atom is 0.269 e. The Labute approximate surface area is 179 Å². The molecule has 0 aliphatic heterocycles. The first-order valence-corrected chi connectivity index (χ1v) is 9.91. The van der Waals surface area contributed by atoms with E-state index < -0.39 is 4.92 Å². The molecule has 11 nitrogen and oxygen atoms in total. The number of hydrogen-bond acceptors (Lipinski definition) is 9. The van der Waals surface area contributed by atoms with Crippen LogP contribution in [0, 0.1) is 10.1 Å². The van der Waals surface area contributed by atoms with Crippen LogP contribution in [0.5, 0.6) is 5.75 Å². The number of carbonyl (C=O) groups is 1. The van der Waals surface area contributed by atoms with E-state index in [0.29, 0.717) is 27.6 Å². The number of ether oxygens (including phenoxy) is 1. The number of methoxy groups -OCH3 is 1. The van der Waals surface area contributed by atoms with Gasteiger partial charge in [0, 0.05) is 23.9 Å². The van der Waals surface area contributed by atoms with Crippen LogP contribution in [-0.4, -0.2) is 48.7 Å². The first-order valence-electron chi connectivity index (χ1n) is 8.93. The fourth-order valence-corrected chi connectivity index (χ4v) is 3.48. The number of anilines is 1. The maximum absolute atomic E-state index is 12.3. The third-order valence-corrected chi connectivity index (χ3v) is 5.18. The van der Waals surface area contributed by atoms with Crippen LogP contribution in [0.25, 0.3) is 16.9 Å². The van der Waals surface area contributed by atoms with Gasteiger partial charge in [-0.25, -0.2) is 9.97 Å². The molecule has 0 radical (unpaired) electrons. The summed E-state index contributed by atoms with van der Waals surface area (Å²) < 4.78 is 6.81. The Morgan fingerprint density at radius 1 is 1.23 bits per heavy atom. The van der Waals surface area contributed by atoms with Gasteiger partial charge < -0.3 is 10.1 Å². The van der Waals surface area contributed by atoms with Crippen molar-refractivity contribution in [2.75, 3.05) is 18.2 Å². The van der Waals surface area contributed by atoms with Gasteiger partial charge in [0.05, 0.1) is 23.5 Å². The zero-order valence-corrected chi connectivity index (χ0v) is 16.9. The molecule has 12 heteroatoms. The van der Waals surface area contributed by atoms with E-state index >= 15 is 0 Å². The number of nitrogens with one attached hydrogen (secondary N) is 1. The molecule has 156 valence electrons. The summed E-state index contributed by atoms with van der Waals surface area (Å²) in [6, 6.07) is 12.9. The van der Waals surface area contributed by atoms with Crippen LogP contribution in [0.1, 0.15) is 0 Å². The van der Waals surface area contributed by atoms with Gasteiger partial charge in [0.1, 0.15) is 17.1 Å². The fourth-order valence-electron chi connectivity index (χ4n) is 2.75. The van der Waals surface area contributed by atoms with E-state index in [1.165, 1.54) is 42.4 Å². The van der Waals surface area contributed by atoms with Crippen molar-refractivity contribution in [3.63, 3.8) is 0 Å². The number of fused-ring (bicyclic) bond motifs is 1. The molecule has 0 aliphatic carbocycles. The van der Waals surface area contributed by atoms with Crippen LogP contribution in [0.2, 0.25) is 0 Å². The van der Waals surface area contributed by atoms with Gasteiger partial charge in [0.2, 0.25) is 5.91 Å².